The lowest BCUT2D eigenvalue weighted by atomic mass is 10.4. The molecule has 0 bridgehead atoms. The number of carbonyl (C=O) groups excluding carboxylic acids is 1. The Morgan fingerprint density at radius 3 is 2.55 bits per heavy atom. The van der Waals surface area contributed by atoms with E-state index in [2.05, 4.69) is 11.6 Å². The van der Waals surface area contributed by atoms with Gasteiger partial charge in [-0.2, -0.15) is 0 Å². The number of ether oxygens (including phenoxy) is 3. The lowest BCUT2D eigenvalue weighted by molar-refractivity contribution is -0.140. The molecule has 0 spiro atoms. The van der Waals surface area contributed by atoms with Crippen LogP contribution in [0.4, 0.5) is 0 Å². The summed E-state index contributed by atoms with van der Waals surface area (Å²) in [4.78, 5) is 24.6. The van der Waals surface area contributed by atoms with Crippen LogP contribution in [0.2, 0.25) is 0 Å². The highest BCUT2D eigenvalue weighted by molar-refractivity contribution is 7.71. The van der Waals surface area contributed by atoms with Crippen LogP contribution in [0.15, 0.2) is 29.2 Å². The molecule has 7 nitrogen and oxygen atoms in total. The lowest BCUT2D eigenvalue weighted by Gasteiger charge is -2.08. The number of nitrogens with one attached hydrogen (secondary N) is 1. The van der Waals surface area contributed by atoms with Crippen molar-refractivity contribution in [1.29, 1.82) is 0 Å². The van der Waals surface area contributed by atoms with E-state index in [9.17, 15) is 9.59 Å². The Bertz CT molecular complexity index is 608. The second-order valence-electron chi connectivity index (χ2n) is 4.44. The van der Waals surface area contributed by atoms with E-state index in [0.717, 1.165) is 0 Å². The summed E-state index contributed by atoms with van der Waals surface area (Å²) < 4.78 is 17.6. The van der Waals surface area contributed by atoms with Crippen molar-refractivity contribution in [2.75, 3.05) is 33.0 Å². The third-order valence-corrected chi connectivity index (χ3v) is 2.89. The quantitative estimate of drug-likeness (QED) is 0.299. The number of hydrogen-bond acceptors (Lipinski definition) is 6. The molecule has 0 fully saturated rings. The minimum atomic E-state index is -0.419. The summed E-state index contributed by atoms with van der Waals surface area (Å²) >= 11 is 5.01. The molecular weight excluding hydrogens is 308 g/mol. The molecule has 0 atom stereocenters. The number of nitrogens with zero attached hydrogens (tertiary/aromatic N) is 1. The van der Waals surface area contributed by atoms with Crippen molar-refractivity contribution in [3.05, 3.63) is 39.5 Å². The first-order valence-electron chi connectivity index (χ1n) is 6.78. The fourth-order valence-electron chi connectivity index (χ4n) is 1.42. The van der Waals surface area contributed by atoms with E-state index in [1.54, 1.807) is 17.7 Å². The molecule has 1 rings (SSSR count). The van der Waals surface area contributed by atoms with Gasteiger partial charge in [0.2, 0.25) is 0 Å². The van der Waals surface area contributed by atoms with E-state index >= 15 is 0 Å². The molecule has 22 heavy (non-hydrogen) atoms. The van der Waals surface area contributed by atoms with E-state index in [0.29, 0.717) is 43.3 Å². The van der Waals surface area contributed by atoms with Crippen molar-refractivity contribution < 1.29 is 19.0 Å². The fourth-order valence-corrected chi connectivity index (χ4v) is 1.67. The Labute approximate surface area is 133 Å². The summed E-state index contributed by atoms with van der Waals surface area (Å²) in [5.74, 6) is -0.419. The smallest absolute Gasteiger partial charge is 0.333 e. The fraction of sp³-hybridized carbons (Fsp3) is 0.500. The average molecular weight is 328 g/mol. The number of rotatable bonds is 10. The third-order valence-electron chi connectivity index (χ3n) is 2.55. The molecule has 8 heteroatoms. The highest BCUT2D eigenvalue weighted by Crippen LogP contribution is 1.92. The van der Waals surface area contributed by atoms with Gasteiger partial charge in [0.05, 0.1) is 26.4 Å². The first-order valence-corrected chi connectivity index (χ1v) is 7.19. The summed E-state index contributed by atoms with van der Waals surface area (Å²) in [7, 11) is 0. The van der Waals surface area contributed by atoms with Crippen LogP contribution in [0.1, 0.15) is 6.92 Å². The van der Waals surface area contributed by atoms with Gasteiger partial charge in [-0.25, -0.2) is 4.79 Å². The summed E-state index contributed by atoms with van der Waals surface area (Å²) in [6, 6.07) is 1.41. The molecule has 0 unspecified atom stereocenters. The van der Waals surface area contributed by atoms with Gasteiger partial charge in [0.15, 0.2) is 4.77 Å². The second kappa shape index (κ2) is 10.0. The van der Waals surface area contributed by atoms with E-state index in [-0.39, 0.29) is 12.2 Å². The normalized spacial score (nSPS) is 10.4. The van der Waals surface area contributed by atoms with Crippen molar-refractivity contribution in [2.24, 2.45) is 0 Å². The highest BCUT2D eigenvalue weighted by Gasteiger charge is 2.01. The molecule has 1 N–H and O–H groups in total. The van der Waals surface area contributed by atoms with Crippen LogP contribution in [0.5, 0.6) is 0 Å². The van der Waals surface area contributed by atoms with Crippen LogP contribution in [0.25, 0.3) is 0 Å². The van der Waals surface area contributed by atoms with Crippen molar-refractivity contribution >= 4 is 18.2 Å². The minimum Gasteiger partial charge on any atom is -0.460 e. The molecule has 0 amide bonds. The van der Waals surface area contributed by atoms with E-state index < -0.39 is 5.97 Å². The monoisotopic (exact) mass is 328 g/mol. The first-order chi connectivity index (χ1) is 10.5. The lowest BCUT2D eigenvalue weighted by Crippen LogP contribution is -2.16. The van der Waals surface area contributed by atoms with Crippen molar-refractivity contribution in [3.63, 3.8) is 0 Å². The largest absolute Gasteiger partial charge is 0.460 e. The number of H-pyrrole nitrogens is 1. The maximum atomic E-state index is 11.1. The summed E-state index contributed by atoms with van der Waals surface area (Å²) in [5, 5.41) is 0. The first kappa shape index (κ1) is 18.3. The Hall–Kier alpha value is -1.77. The van der Waals surface area contributed by atoms with Gasteiger partial charge in [0, 0.05) is 24.4 Å². The second-order valence-corrected chi connectivity index (χ2v) is 4.83. The molecule has 122 valence electrons. The van der Waals surface area contributed by atoms with Crippen LogP contribution < -0.4 is 5.56 Å². The predicted molar refractivity (Wildman–Crippen MR) is 83.3 cm³/mol. The van der Waals surface area contributed by atoms with Gasteiger partial charge in [0.1, 0.15) is 6.61 Å². The van der Waals surface area contributed by atoms with Crippen LogP contribution >= 0.6 is 12.2 Å². The maximum absolute atomic E-state index is 11.1. The zero-order valence-electron chi connectivity index (χ0n) is 12.5. The van der Waals surface area contributed by atoms with Crippen LogP contribution in [0, 0.1) is 4.77 Å². The van der Waals surface area contributed by atoms with Crippen LogP contribution in [0.3, 0.4) is 0 Å². The molecule has 0 radical (unpaired) electrons. The summed E-state index contributed by atoms with van der Waals surface area (Å²) in [6.07, 6.45) is 1.62. The van der Waals surface area contributed by atoms with Gasteiger partial charge >= 0.3 is 5.97 Å². The minimum absolute atomic E-state index is 0.193. The van der Waals surface area contributed by atoms with Gasteiger partial charge in [-0.3, -0.25) is 9.78 Å². The predicted octanol–water partition coefficient (Wildman–Crippen LogP) is 1.06. The number of carbonyl (C=O) groups is 1. The third kappa shape index (κ3) is 7.30. The molecular formula is C14H20N2O5S. The Kier molecular flexibility index (Phi) is 8.34. The van der Waals surface area contributed by atoms with Gasteiger partial charge in [-0.15, -0.1) is 0 Å². The van der Waals surface area contributed by atoms with Crippen LogP contribution in [-0.2, 0) is 25.5 Å². The van der Waals surface area contributed by atoms with Gasteiger partial charge in [-0.05, 0) is 19.1 Å². The maximum Gasteiger partial charge on any atom is 0.333 e. The molecule has 1 aromatic rings. The molecule has 0 aromatic carbocycles. The van der Waals surface area contributed by atoms with Crippen molar-refractivity contribution in [3.8, 4) is 0 Å². The topological polar surface area (TPSA) is 82.6 Å². The zero-order chi connectivity index (χ0) is 16.4. The van der Waals surface area contributed by atoms with Gasteiger partial charge in [0.25, 0.3) is 5.56 Å². The standard InChI is InChI=1S/C14H20N2O5S/c1-11(2)13(18)21-10-9-20-8-7-19-6-5-16-4-3-12(17)15-14(16)22/h3-4H,1,5-10H2,2H3,(H,15,17,22). The van der Waals surface area contributed by atoms with E-state index in [4.69, 9.17) is 26.4 Å². The molecule has 0 saturated heterocycles. The zero-order valence-corrected chi connectivity index (χ0v) is 13.3. The molecule has 0 saturated carbocycles. The highest BCUT2D eigenvalue weighted by atomic mass is 32.1. The number of hydrogen-bond donors (Lipinski definition) is 1. The molecule has 1 aromatic heterocycles. The number of aromatic nitrogens is 2. The van der Waals surface area contributed by atoms with Gasteiger partial charge in [-0.1, -0.05) is 6.58 Å². The molecule has 0 aliphatic heterocycles. The van der Waals surface area contributed by atoms with Crippen molar-refractivity contribution in [1.82, 2.24) is 9.55 Å². The Morgan fingerprint density at radius 1 is 1.27 bits per heavy atom. The molecule has 0 aliphatic carbocycles. The van der Waals surface area contributed by atoms with Gasteiger partial charge < -0.3 is 18.8 Å². The Balaban J connectivity index is 2.02. The number of aromatic amines is 1. The molecule has 1 heterocycles. The SMILES string of the molecule is C=C(C)C(=O)OCCOCCOCCn1ccc(=O)[nH]c1=S. The van der Waals surface area contributed by atoms with Crippen molar-refractivity contribution in [2.45, 2.75) is 13.5 Å². The molecule has 0 aliphatic rings. The Morgan fingerprint density at radius 2 is 1.91 bits per heavy atom. The summed E-state index contributed by atoms with van der Waals surface area (Å²) in [5.41, 5.74) is 0.145. The van der Waals surface area contributed by atoms with E-state index in [1.165, 1.54) is 6.07 Å². The average Bonchev–Trinajstić information content (AvgIpc) is 2.47. The van der Waals surface area contributed by atoms with E-state index in [1.807, 2.05) is 0 Å². The number of esters is 1. The summed E-state index contributed by atoms with van der Waals surface area (Å²) in [6.45, 7) is 7.40. The van der Waals surface area contributed by atoms with Crippen LogP contribution in [-0.4, -0.2) is 48.6 Å².